The maximum atomic E-state index is 12.3. The lowest BCUT2D eigenvalue weighted by Gasteiger charge is -2.13. The van der Waals surface area contributed by atoms with Crippen molar-refractivity contribution < 1.29 is 14.6 Å². The number of hydrogen-bond donors (Lipinski definition) is 3. The zero-order chi connectivity index (χ0) is 14.3. The molecule has 2 aromatic rings. The maximum Gasteiger partial charge on any atom is 0.264 e. The molecule has 0 aliphatic heterocycles. The number of nitrogen functional groups attached to an aromatic ring is 1. The first-order valence-electron chi connectivity index (χ1n) is 6.38. The number of benzene rings is 1. The zero-order valence-corrected chi connectivity index (χ0v) is 11.9. The number of aliphatic hydroxyl groups is 1. The summed E-state index contributed by atoms with van der Waals surface area (Å²) in [6, 6.07) is 5.55. The van der Waals surface area contributed by atoms with E-state index >= 15 is 0 Å². The molecule has 0 unspecified atom stereocenters. The Kier molecular flexibility index (Phi) is 3.07. The van der Waals surface area contributed by atoms with Gasteiger partial charge in [-0.2, -0.15) is 0 Å². The van der Waals surface area contributed by atoms with Gasteiger partial charge in [-0.3, -0.25) is 4.79 Å². The third kappa shape index (κ3) is 2.10. The highest BCUT2D eigenvalue weighted by Crippen LogP contribution is 2.38. The smallest absolute Gasteiger partial charge is 0.264 e. The second kappa shape index (κ2) is 4.64. The van der Waals surface area contributed by atoms with Crippen molar-refractivity contribution in [2.75, 3.05) is 19.5 Å². The average molecular weight is 292 g/mol. The van der Waals surface area contributed by atoms with Crippen molar-refractivity contribution in [2.45, 2.75) is 18.4 Å². The number of anilines is 1. The highest BCUT2D eigenvalue weighted by atomic mass is 32.1. The molecule has 0 atom stereocenters. The molecule has 6 heteroatoms. The maximum absolute atomic E-state index is 12.3. The van der Waals surface area contributed by atoms with Crippen molar-refractivity contribution in [3.8, 4) is 5.75 Å². The molecule has 4 N–H and O–H groups in total. The molecule has 1 amide bonds. The van der Waals surface area contributed by atoms with Gasteiger partial charge in [-0.25, -0.2) is 0 Å². The van der Waals surface area contributed by atoms with Gasteiger partial charge in [0.15, 0.2) is 0 Å². The molecule has 1 aromatic heterocycles. The first-order chi connectivity index (χ1) is 9.58. The number of hydrogen-bond acceptors (Lipinski definition) is 5. The summed E-state index contributed by atoms with van der Waals surface area (Å²) in [5.74, 6) is 0.522. The van der Waals surface area contributed by atoms with Gasteiger partial charge in [0.2, 0.25) is 0 Å². The van der Waals surface area contributed by atoms with Crippen LogP contribution in [0.2, 0.25) is 0 Å². The van der Waals surface area contributed by atoms with E-state index in [1.54, 1.807) is 7.11 Å². The van der Waals surface area contributed by atoms with Crippen LogP contribution in [0.3, 0.4) is 0 Å². The highest BCUT2D eigenvalue weighted by Gasteiger charge is 2.44. The minimum absolute atomic E-state index is 0.0304. The van der Waals surface area contributed by atoms with Crippen molar-refractivity contribution in [3.05, 3.63) is 23.1 Å². The van der Waals surface area contributed by atoms with Gasteiger partial charge in [0.05, 0.1) is 24.9 Å². The summed E-state index contributed by atoms with van der Waals surface area (Å²) in [5.41, 5.74) is 6.11. The Balaban J connectivity index is 1.95. The minimum Gasteiger partial charge on any atom is -0.497 e. The number of rotatable bonds is 4. The standard InChI is InChI=1S/C14H16N2O3S/c1-19-8-2-3-9-10(6-8)20-12(11(9)15)13(18)16-14(7-17)4-5-14/h2-3,6,17H,4-5,7,15H2,1H3,(H,16,18). The fourth-order valence-electron chi connectivity index (χ4n) is 2.16. The Bertz CT molecular complexity index is 676. The molecule has 0 spiro atoms. The van der Waals surface area contributed by atoms with Crippen molar-refractivity contribution in [1.29, 1.82) is 0 Å². The van der Waals surface area contributed by atoms with Crippen LogP contribution in [-0.2, 0) is 0 Å². The average Bonchev–Trinajstić information content (AvgIpc) is 3.16. The van der Waals surface area contributed by atoms with Gasteiger partial charge < -0.3 is 20.9 Å². The van der Waals surface area contributed by atoms with Gasteiger partial charge in [0.1, 0.15) is 10.6 Å². The number of thiophene rings is 1. The molecule has 0 radical (unpaired) electrons. The molecule has 1 saturated carbocycles. The Labute approximate surface area is 120 Å². The summed E-state index contributed by atoms with van der Waals surface area (Å²) in [6.07, 6.45) is 1.63. The summed E-state index contributed by atoms with van der Waals surface area (Å²) >= 11 is 1.34. The van der Waals surface area contributed by atoms with E-state index in [9.17, 15) is 9.90 Å². The lowest BCUT2D eigenvalue weighted by molar-refractivity contribution is 0.0912. The van der Waals surface area contributed by atoms with Crippen LogP contribution in [0, 0.1) is 0 Å². The molecule has 1 fully saturated rings. The van der Waals surface area contributed by atoms with Crippen LogP contribution in [-0.4, -0.2) is 30.3 Å². The predicted molar refractivity (Wildman–Crippen MR) is 79.3 cm³/mol. The van der Waals surface area contributed by atoms with Crippen LogP contribution in [0.25, 0.3) is 10.1 Å². The van der Waals surface area contributed by atoms with E-state index < -0.39 is 5.54 Å². The van der Waals surface area contributed by atoms with Crippen LogP contribution in [0.1, 0.15) is 22.5 Å². The van der Waals surface area contributed by atoms with E-state index in [0.717, 1.165) is 28.7 Å². The molecule has 1 aliphatic rings. The molecule has 3 rings (SSSR count). The number of aliphatic hydroxyl groups excluding tert-OH is 1. The summed E-state index contributed by atoms with van der Waals surface area (Å²) in [4.78, 5) is 12.8. The van der Waals surface area contributed by atoms with E-state index in [-0.39, 0.29) is 12.5 Å². The van der Waals surface area contributed by atoms with E-state index in [2.05, 4.69) is 5.32 Å². The molecule has 5 nitrogen and oxygen atoms in total. The van der Waals surface area contributed by atoms with Crippen molar-refractivity contribution in [2.24, 2.45) is 0 Å². The van der Waals surface area contributed by atoms with Crippen LogP contribution in [0.15, 0.2) is 18.2 Å². The molecule has 1 heterocycles. The topological polar surface area (TPSA) is 84.6 Å². The van der Waals surface area contributed by atoms with Gasteiger partial charge in [-0.05, 0) is 31.0 Å². The van der Waals surface area contributed by atoms with Gasteiger partial charge >= 0.3 is 0 Å². The summed E-state index contributed by atoms with van der Waals surface area (Å²) in [7, 11) is 1.60. The van der Waals surface area contributed by atoms with Crippen molar-refractivity contribution >= 4 is 33.0 Å². The first-order valence-corrected chi connectivity index (χ1v) is 7.19. The Morgan fingerprint density at radius 2 is 2.30 bits per heavy atom. The first kappa shape index (κ1) is 13.2. The second-order valence-electron chi connectivity index (χ2n) is 5.10. The van der Waals surface area contributed by atoms with Gasteiger partial charge in [-0.15, -0.1) is 11.3 Å². The minimum atomic E-state index is -0.433. The van der Waals surface area contributed by atoms with E-state index in [0.29, 0.717) is 10.6 Å². The van der Waals surface area contributed by atoms with Crippen LogP contribution < -0.4 is 15.8 Å². The predicted octanol–water partition coefficient (Wildman–Crippen LogP) is 1.75. The fraction of sp³-hybridized carbons (Fsp3) is 0.357. The number of fused-ring (bicyclic) bond motifs is 1. The number of methoxy groups -OCH3 is 1. The molecule has 20 heavy (non-hydrogen) atoms. The molecular weight excluding hydrogens is 276 g/mol. The molecule has 0 bridgehead atoms. The number of ether oxygens (including phenoxy) is 1. The second-order valence-corrected chi connectivity index (χ2v) is 6.15. The van der Waals surface area contributed by atoms with Crippen LogP contribution in [0.5, 0.6) is 5.75 Å². The number of nitrogens with one attached hydrogen (secondary N) is 1. The third-order valence-electron chi connectivity index (χ3n) is 3.68. The lowest BCUT2D eigenvalue weighted by Crippen LogP contribution is -2.39. The number of carbonyl (C=O) groups is 1. The Hall–Kier alpha value is -1.79. The summed E-state index contributed by atoms with van der Waals surface area (Å²) in [6.45, 7) is -0.0304. The SMILES string of the molecule is COc1ccc2c(N)c(C(=O)NC3(CO)CC3)sc2c1. The number of carbonyl (C=O) groups excluding carboxylic acids is 1. The molecule has 106 valence electrons. The summed E-state index contributed by atoms with van der Waals surface area (Å²) < 4.78 is 6.09. The Morgan fingerprint density at radius 3 is 2.90 bits per heavy atom. The molecule has 1 aromatic carbocycles. The lowest BCUT2D eigenvalue weighted by atomic mass is 10.2. The monoisotopic (exact) mass is 292 g/mol. The number of amides is 1. The highest BCUT2D eigenvalue weighted by molar-refractivity contribution is 7.21. The van der Waals surface area contributed by atoms with Crippen molar-refractivity contribution in [1.82, 2.24) is 5.32 Å². The Morgan fingerprint density at radius 1 is 1.55 bits per heavy atom. The van der Waals surface area contributed by atoms with Gasteiger partial charge in [-0.1, -0.05) is 0 Å². The van der Waals surface area contributed by atoms with Gasteiger partial charge in [0.25, 0.3) is 5.91 Å². The van der Waals surface area contributed by atoms with E-state index in [4.69, 9.17) is 10.5 Å². The van der Waals surface area contributed by atoms with Gasteiger partial charge in [0, 0.05) is 10.1 Å². The molecular formula is C14H16N2O3S. The quantitative estimate of drug-likeness (QED) is 0.801. The van der Waals surface area contributed by atoms with E-state index in [1.165, 1.54) is 11.3 Å². The zero-order valence-electron chi connectivity index (χ0n) is 11.1. The van der Waals surface area contributed by atoms with Crippen LogP contribution >= 0.6 is 11.3 Å². The fourth-order valence-corrected chi connectivity index (χ4v) is 3.21. The normalized spacial score (nSPS) is 16.1. The summed E-state index contributed by atoms with van der Waals surface area (Å²) in [5, 5.41) is 13.0. The van der Waals surface area contributed by atoms with E-state index in [1.807, 2.05) is 18.2 Å². The molecule has 0 saturated heterocycles. The number of nitrogens with two attached hydrogens (primary N) is 1. The third-order valence-corrected chi connectivity index (χ3v) is 4.84. The largest absolute Gasteiger partial charge is 0.497 e. The molecule has 1 aliphatic carbocycles. The van der Waals surface area contributed by atoms with Crippen molar-refractivity contribution in [3.63, 3.8) is 0 Å². The van der Waals surface area contributed by atoms with Crippen LogP contribution in [0.4, 0.5) is 5.69 Å².